The van der Waals surface area contributed by atoms with Gasteiger partial charge < -0.3 is 9.80 Å². The summed E-state index contributed by atoms with van der Waals surface area (Å²) in [6.45, 7) is 4.43. The minimum atomic E-state index is -2.26. The molecule has 1 aliphatic heterocycles. The smallest absolute Gasteiger partial charge is 0.192 e. The topological polar surface area (TPSA) is 23.6 Å². The van der Waals surface area contributed by atoms with Crippen LogP contribution in [0, 0.1) is 0 Å². The predicted octanol–water partition coefficient (Wildman–Crippen LogP) is 3.49. The Bertz CT molecular complexity index is 822. The number of fused-ring (bicyclic) bond motifs is 2. The molecule has 2 aromatic rings. The van der Waals surface area contributed by atoms with Crippen molar-refractivity contribution in [3.05, 3.63) is 45.4 Å². The summed E-state index contributed by atoms with van der Waals surface area (Å²) in [6.07, 6.45) is 0. The summed E-state index contributed by atoms with van der Waals surface area (Å²) in [4.78, 5) is 17.1. The Morgan fingerprint density at radius 3 is 1.44 bits per heavy atom. The average molecular weight is 393 g/mol. The molecule has 3 rings (SSSR count). The maximum atomic E-state index is 13.1. The van der Waals surface area contributed by atoms with Crippen molar-refractivity contribution in [1.29, 1.82) is 0 Å². The van der Waals surface area contributed by atoms with Gasteiger partial charge in [0, 0.05) is 39.3 Å². The second-order valence-corrected chi connectivity index (χ2v) is 12.4. The lowest BCUT2D eigenvalue weighted by atomic mass is 10.0. The summed E-state index contributed by atoms with van der Waals surface area (Å²) in [5.74, 6) is 0.0104. The van der Waals surface area contributed by atoms with Crippen molar-refractivity contribution >= 4 is 58.8 Å². The van der Waals surface area contributed by atoms with Crippen LogP contribution in [-0.2, 0) is 0 Å². The number of carbonyl (C=O) groups excluding carboxylic acids is 1. The van der Waals surface area contributed by atoms with Crippen molar-refractivity contribution < 1.29 is 4.79 Å². The lowest BCUT2D eigenvalue weighted by Gasteiger charge is -2.36. The number of hydrogen-bond acceptors (Lipinski definition) is 3. The van der Waals surface area contributed by atoms with E-state index < -0.39 is 8.07 Å². The third-order valence-electron chi connectivity index (χ3n) is 4.95. The second kappa shape index (κ2) is 6.04. The standard InChI is InChI=1S/C19H22Cl2N2OSi/c1-22(2)13-9-7-11-17(24)12-8-10-14(23(3)4)16(21)19(12)25(5,6)18(11)15(13)20/h7-10H,1-6H3. The van der Waals surface area contributed by atoms with E-state index in [0.717, 1.165) is 21.7 Å². The van der Waals surface area contributed by atoms with Gasteiger partial charge in [-0.1, -0.05) is 36.3 Å². The van der Waals surface area contributed by atoms with Crippen LogP contribution in [0.2, 0.25) is 23.1 Å². The molecular weight excluding hydrogens is 371 g/mol. The third-order valence-corrected chi connectivity index (χ3v) is 9.57. The summed E-state index contributed by atoms with van der Waals surface area (Å²) >= 11 is 13.6. The largest absolute Gasteiger partial charge is 0.376 e. The highest BCUT2D eigenvalue weighted by Gasteiger charge is 2.43. The molecule has 0 bridgehead atoms. The van der Waals surface area contributed by atoms with E-state index in [4.69, 9.17) is 23.2 Å². The van der Waals surface area contributed by atoms with Crippen molar-refractivity contribution in [3.63, 3.8) is 0 Å². The number of hydrogen-bond donors (Lipinski definition) is 0. The summed E-state index contributed by atoms with van der Waals surface area (Å²) in [6, 6.07) is 7.66. The summed E-state index contributed by atoms with van der Waals surface area (Å²) < 4.78 is 0. The van der Waals surface area contributed by atoms with Gasteiger partial charge in [-0.05, 0) is 34.6 Å². The molecule has 0 radical (unpaired) electrons. The molecule has 0 aliphatic carbocycles. The Hall–Kier alpha value is -1.49. The van der Waals surface area contributed by atoms with E-state index in [1.54, 1.807) is 0 Å². The zero-order chi connectivity index (χ0) is 18.7. The van der Waals surface area contributed by atoms with Crippen LogP contribution >= 0.6 is 23.2 Å². The molecule has 0 fully saturated rings. The van der Waals surface area contributed by atoms with Crippen LogP contribution in [-0.4, -0.2) is 42.0 Å². The van der Waals surface area contributed by atoms with Crippen molar-refractivity contribution in [2.75, 3.05) is 38.0 Å². The number of rotatable bonds is 2. The van der Waals surface area contributed by atoms with E-state index in [9.17, 15) is 4.79 Å². The number of benzene rings is 2. The maximum absolute atomic E-state index is 13.1. The molecule has 1 heterocycles. The van der Waals surface area contributed by atoms with E-state index in [2.05, 4.69) is 13.1 Å². The molecule has 0 amide bonds. The van der Waals surface area contributed by atoms with Crippen LogP contribution in [0.3, 0.4) is 0 Å². The van der Waals surface area contributed by atoms with Crippen molar-refractivity contribution in [2.45, 2.75) is 13.1 Å². The van der Waals surface area contributed by atoms with E-state index in [-0.39, 0.29) is 5.78 Å². The Morgan fingerprint density at radius 1 is 0.760 bits per heavy atom. The third kappa shape index (κ3) is 2.59. The Balaban J connectivity index is 2.38. The first-order valence-electron chi connectivity index (χ1n) is 8.14. The predicted molar refractivity (Wildman–Crippen MR) is 112 cm³/mol. The van der Waals surface area contributed by atoms with E-state index in [0.29, 0.717) is 21.2 Å². The van der Waals surface area contributed by atoms with Crippen molar-refractivity contribution in [3.8, 4) is 0 Å². The van der Waals surface area contributed by atoms with Crippen LogP contribution in [0.15, 0.2) is 24.3 Å². The molecule has 6 heteroatoms. The van der Waals surface area contributed by atoms with Gasteiger partial charge in [0.25, 0.3) is 0 Å². The van der Waals surface area contributed by atoms with Crippen molar-refractivity contribution in [2.24, 2.45) is 0 Å². The van der Waals surface area contributed by atoms with Gasteiger partial charge in [-0.25, -0.2) is 0 Å². The maximum Gasteiger partial charge on any atom is 0.192 e. The highest BCUT2D eigenvalue weighted by Crippen LogP contribution is 2.34. The van der Waals surface area contributed by atoms with Gasteiger partial charge >= 0.3 is 0 Å². The molecule has 3 nitrogen and oxygen atoms in total. The number of halogens is 2. The van der Waals surface area contributed by atoms with Crippen LogP contribution in [0.25, 0.3) is 0 Å². The zero-order valence-electron chi connectivity index (χ0n) is 15.4. The first-order chi connectivity index (χ1) is 11.6. The fraction of sp³-hybridized carbons (Fsp3) is 0.316. The minimum absolute atomic E-state index is 0.0104. The summed E-state index contributed by atoms with van der Waals surface area (Å²) in [5.41, 5.74) is 3.29. The molecule has 0 unspecified atom stereocenters. The number of carbonyl (C=O) groups is 1. The van der Waals surface area contributed by atoms with Crippen LogP contribution in [0.5, 0.6) is 0 Å². The van der Waals surface area contributed by atoms with Gasteiger partial charge in [0.2, 0.25) is 0 Å². The molecular formula is C19H22Cl2N2OSi. The van der Waals surface area contributed by atoms with Crippen molar-refractivity contribution in [1.82, 2.24) is 0 Å². The van der Waals surface area contributed by atoms with E-state index in [1.165, 1.54) is 0 Å². The van der Waals surface area contributed by atoms with Crippen LogP contribution in [0.4, 0.5) is 11.4 Å². The van der Waals surface area contributed by atoms with Gasteiger partial charge in [-0.15, -0.1) is 0 Å². The van der Waals surface area contributed by atoms with E-state index >= 15 is 0 Å². The molecule has 2 aromatic carbocycles. The minimum Gasteiger partial charge on any atom is -0.376 e. The van der Waals surface area contributed by atoms with Gasteiger partial charge in [0.1, 0.15) is 8.07 Å². The molecule has 0 saturated heterocycles. The molecule has 0 atom stereocenters. The average Bonchev–Trinajstić information content (AvgIpc) is 2.51. The SMILES string of the molecule is CN(C)c1ccc2c(c1Cl)[Si](C)(C)c1c(ccc(N(C)C)c1Cl)C2=O. The Morgan fingerprint density at radius 2 is 1.12 bits per heavy atom. The molecule has 25 heavy (non-hydrogen) atoms. The second-order valence-electron chi connectivity index (χ2n) is 7.39. The molecule has 0 aromatic heterocycles. The molecule has 132 valence electrons. The fourth-order valence-corrected chi connectivity index (χ4v) is 9.12. The van der Waals surface area contributed by atoms with E-state index in [1.807, 2.05) is 62.3 Å². The highest BCUT2D eigenvalue weighted by molar-refractivity contribution is 7.04. The molecule has 0 spiro atoms. The lowest BCUT2D eigenvalue weighted by molar-refractivity contribution is 0.104. The summed E-state index contributed by atoms with van der Waals surface area (Å²) in [7, 11) is 5.57. The van der Waals surface area contributed by atoms with Gasteiger partial charge in [0.15, 0.2) is 5.78 Å². The monoisotopic (exact) mass is 392 g/mol. The first-order valence-corrected chi connectivity index (χ1v) is 11.9. The van der Waals surface area contributed by atoms with Gasteiger partial charge in [-0.3, -0.25) is 4.79 Å². The highest BCUT2D eigenvalue weighted by atomic mass is 35.5. The lowest BCUT2D eigenvalue weighted by Crippen LogP contribution is -2.61. The Labute approximate surface area is 160 Å². The zero-order valence-corrected chi connectivity index (χ0v) is 17.9. The number of anilines is 2. The van der Waals surface area contributed by atoms with Crippen LogP contribution < -0.4 is 20.2 Å². The normalized spacial score (nSPS) is 14.8. The molecule has 0 N–H and O–H groups in total. The Kier molecular flexibility index (Phi) is 4.42. The summed E-state index contributed by atoms with van der Waals surface area (Å²) in [5, 5.41) is 3.31. The molecule has 1 aliphatic rings. The molecule has 0 saturated carbocycles. The number of nitrogens with zero attached hydrogens (tertiary/aromatic N) is 2. The quantitative estimate of drug-likeness (QED) is 0.730. The van der Waals surface area contributed by atoms with Gasteiger partial charge in [-0.2, -0.15) is 0 Å². The fourth-order valence-electron chi connectivity index (χ4n) is 3.69. The first kappa shape index (κ1) is 18.3. The van der Waals surface area contributed by atoms with Crippen LogP contribution in [0.1, 0.15) is 15.9 Å². The number of ketones is 1. The van der Waals surface area contributed by atoms with Gasteiger partial charge in [0.05, 0.1) is 21.4 Å².